The Balaban J connectivity index is 2.72. The molecule has 13 heavy (non-hydrogen) atoms. The molecule has 1 fully saturated rings. The van der Waals surface area contributed by atoms with Crippen LogP contribution in [0.4, 0.5) is 0 Å². The molecule has 1 aliphatic heterocycles. The Morgan fingerprint density at radius 1 is 1.38 bits per heavy atom. The molecule has 0 aromatic carbocycles. The number of rotatable bonds is 1. The Hall–Kier alpha value is -0.530. The van der Waals surface area contributed by atoms with E-state index in [9.17, 15) is 4.79 Å². The first-order valence-electron chi connectivity index (χ1n) is 5.14. The highest BCUT2D eigenvalue weighted by Crippen LogP contribution is 2.35. The Morgan fingerprint density at radius 3 is 2.15 bits per heavy atom. The first kappa shape index (κ1) is 10.6. The van der Waals surface area contributed by atoms with E-state index in [1.165, 1.54) is 0 Å². The number of hydrogen-bond acceptors (Lipinski definition) is 1. The highest BCUT2D eigenvalue weighted by atomic mass is 16.2. The molecule has 0 N–H and O–H groups in total. The third-order valence-corrected chi connectivity index (χ3v) is 2.91. The van der Waals surface area contributed by atoms with Gasteiger partial charge in [0.15, 0.2) is 0 Å². The molecule has 0 aliphatic carbocycles. The Kier molecular flexibility index (Phi) is 2.69. The maximum Gasteiger partial charge on any atom is 0.226 e. The molecule has 1 aliphatic rings. The van der Waals surface area contributed by atoms with Crippen LogP contribution in [-0.2, 0) is 4.79 Å². The number of hydrogen-bond donors (Lipinski definition) is 0. The molecular formula is C11H21NO. The van der Waals surface area contributed by atoms with Crippen molar-refractivity contribution in [3.8, 4) is 0 Å². The van der Waals surface area contributed by atoms with Crippen molar-refractivity contribution in [3.63, 3.8) is 0 Å². The van der Waals surface area contributed by atoms with Crippen LogP contribution in [0.1, 0.15) is 41.0 Å². The minimum absolute atomic E-state index is 0.126. The number of nitrogens with zero attached hydrogens (tertiary/aromatic N) is 1. The van der Waals surface area contributed by atoms with Crippen LogP contribution in [0.25, 0.3) is 0 Å². The lowest BCUT2D eigenvalue weighted by atomic mass is 9.80. The highest BCUT2D eigenvalue weighted by molar-refractivity contribution is 5.81. The minimum atomic E-state index is 0.126. The van der Waals surface area contributed by atoms with Crippen LogP contribution in [0.15, 0.2) is 0 Å². The van der Waals surface area contributed by atoms with Crippen LogP contribution in [0.5, 0.6) is 0 Å². The van der Waals surface area contributed by atoms with Gasteiger partial charge in [0, 0.05) is 18.5 Å². The van der Waals surface area contributed by atoms with E-state index >= 15 is 0 Å². The van der Waals surface area contributed by atoms with E-state index in [2.05, 4.69) is 34.6 Å². The van der Waals surface area contributed by atoms with Gasteiger partial charge in [0.1, 0.15) is 0 Å². The third-order valence-electron chi connectivity index (χ3n) is 2.91. The Bertz CT molecular complexity index is 203. The molecule has 0 spiro atoms. The summed E-state index contributed by atoms with van der Waals surface area (Å²) in [4.78, 5) is 13.9. The van der Waals surface area contributed by atoms with E-state index in [0.29, 0.717) is 11.9 Å². The second-order valence-electron chi connectivity index (χ2n) is 5.33. The summed E-state index contributed by atoms with van der Waals surface area (Å²) < 4.78 is 0. The summed E-state index contributed by atoms with van der Waals surface area (Å²) in [7, 11) is 0. The quantitative estimate of drug-likeness (QED) is 0.611. The molecule has 2 nitrogen and oxygen atoms in total. The topological polar surface area (TPSA) is 20.3 Å². The maximum atomic E-state index is 11.9. The molecule has 1 amide bonds. The molecule has 1 atom stereocenters. The van der Waals surface area contributed by atoms with Gasteiger partial charge in [0.2, 0.25) is 5.91 Å². The molecule has 0 saturated carbocycles. The van der Waals surface area contributed by atoms with Crippen LogP contribution in [0, 0.1) is 11.3 Å². The fourth-order valence-electron chi connectivity index (χ4n) is 2.02. The first-order valence-corrected chi connectivity index (χ1v) is 5.14. The number of amides is 1. The van der Waals surface area contributed by atoms with Crippen LogP contribution in [0.3, 0.4) is 0 Å². The van der Waals surface area contributed by atoms with Crippen molar-refractivity contribution < 1.29 is 4.79 Å². The first-order chi connectivity index (χ1) is 5.84. The van der Waals surface area contributed by atoms with Crippen molar-refractivity contribution in [2.45, 2.75) is 47.1 Å². The van der Waals surface area contributed by atoms with Gasteiger partial charge in [-0.3, -0.25) is 4.79 Å². The second-order valence-corrected chi connectivity index (χ2v) is 5.33. The van der Waals surface area contributed by atoms with Crippen molar-refractivity contribution in [3.05, 3.63) is 0 Å². The average Bonchev–Trinajstić information content (AvgIpc) is 2.28. The summed E-state index contributed by atoms with van der Waals surface area (Å²) in [5.74, 6) is 0.581. The fraction of sp³-hybridized carbons (Fsp3) is 0.909. The van der Waals surface area contributed by atoms with Gasteiger partial charge in [-0.1, -0.05) is 20.8 Å². The average molecular weight is 183 g/mol. The van der Waals surface area contributed by atoms with Gasteiger partial charge in [0.05, 0.1) is 0 Å². The lowest BCUT2D eigenvalue weighted by Gasteiger charge is -2.27. The standard InChI is InChI=1S/C11H21NO/c1-8(2)12-7-6-9(10(12)13)11(3,4)5/h8-9H,6-7H2,1-5H3. The molecule has 1 saturated heterocycles. The Morgan fingerprint density at radius 2 is 1.92 bits per heavy atom. The number of carbonyl (C=O) groups is 1. The van der Waals surface area contributed by atoms with Crippen molar-refractivity contribution in [1.82, 2.24) is 4.90 Å². The van der Waals surface area contributed by atoms with E-state index in [1.54, 1.807) is 0 Å². The van der Waals surface area contributed by atoms with Crippen LogP contribution < -0.4 is 0 Å². The predicted octanol–water partition coefficient (Wildman–Crippen LogP) is 2.29. The van der Waals surface area contributed by atoms with Gasteiger partial charge < -0.3 is 4.90 Å². The molecule has 1 rings (SSSR count). The lowest BCUT2D eigenvalue weighted by molar-refractivity contribution is -0.134. The molecule has 0 bridgehead atoms. The molecule has 0 aromatic rings. The molecule has 0 radical (unpaired) electrons. The summed E-state index contributed by atoms with van der Waals surface area (Å²) in [6.45, 7) is 11.6. The Labute approximate surface area is 81.3 Å². The van der Waals surface area contributed by atoms with E-state index in [0.717, 1.165) is 13.0 Å². The molecule has 2 heteroatoms. The maximum absolute atomic E-state index is 11.9. The fourth-order valence-corrected chi connectivity index (χ4v) is 2.02. The van der Waals surface area contributed by atoms with Crippen LogP contribution >= 0.6 is 0 Å². The highest BCUT2D eigenvalue weighted by Gasteiger charge is 2.39. The lowest BCUT2D eigenvalue weighted by Crippen LogP contribution is -2.36. The van der Waals surface area contributed by atoms with Crippen molar-refractivity contribution in [2.24, 2.45) is 11.3 Å². The van der Waals surface area contributed by atoms with E-state index < -0.39 is 0 Å². The van der Waals surface area contributed by atoms with Gasteiger partial charge in [-0.15, -0.1) is 0 Å². The predicted molar refractivity (Wildman–Crippen MR) is 54.4 cm³/mol. The van der Waals surface area contributed by atoms with E-state index in [1.807, 2.05) is 4.90 Å². The molecule has 0 aromatic heterocycles. The van der Waals surface area contributed by atoms with Crippen molar-refractivity contribution >= 4 is 5.91 Å². The summed E-state index contributed by atoms with van der Waals surface area (Å²) in [6.07, 6.45) is 1.03. The summed E-state index contributed by atoms with van der Waals surface area (Å²) in [6, 6.07) is 0.361. The van der Waals surface area contributed by atoms with E-state index in [-0.39, 0.29) is 11.3 Å². The minimum Gasteiger partial charge on any atom is -0.340 e. The summed E-state index contributed by atoms with van der Waals surface area (Å²) in [5, 5.41) is 0. The third kappa shape index (κ3) is 2.04. The van der Waals surface area contributed by atoms with Crippen LogP contribution in [0.2, 0.25) is 0 Å². The van der Waals surface area contributed by atoms with Gasteiger partial charge in [-0.05, 0) is 25.7 Å². The second kappa shape index (κ2) is 3.32. The SMILES string of the molecule is CC(C)N1CCC(C(C)(C)C)C1=O. The number of likely N-dealkylation sites (tertiary alicyclic amines) is 1. The zero-order valence-electron chi connectivity index (χ0n) is 9.42. The zero-order valence-corrected chi connectivity index (χ0v) is 9.42. The van der Waals surface area contributed by atoms with Crippen molar-refractivity contribution in [2.75, 3.05) is 6.54 Å². The van der Waals surface area contributed by atoms with Crippen LogP contribution in [-0.4, -0.2) is 23.4 Å². The van der Waals surface area contributed by atoms with Gasteiger partial charge >= 0.3 is 0 Å². The summed E-state index contributed by atoms with van der Waals surface area (Å²) >= 11 is 0. The molecule has 76 valence electrons. The normalized spacial score (nSPS) is 24.6. The molecule has 1 unspecified atom stereocenters. The smallest absolute Gasteiger partial charge is 0.226 e. The number of carbonyl (C=O) groups excluding carboxylic acids is 1. The van der Waals surface area contributed by atoms with Gasteiger partial charge in [-0.2, -0.15) is 0 Å². The van der Waals surface area contributed by atoms with E-state index in [4.69, 9.17) is 0 Å². The zero-order chi connectivity index (χ0) is 10.2. The molecule has 1 heterocycles. The van der Waals surface area contributed by atoms with Crippen molar-refractivity contribution in [1.29, 1.82) is 0 Å². The monoisotopic (exact) mass is 183 g/mol. The molecular weight excluding hydrogens is 162 g/mol. The van der Waals surface area contributed by atoms with Gasteiger partial charge in [-0.25, -0.2) is 0 Å². The summed E-state index contributed by atoms with van der Waals surface area (Å²) in [5.41, 5.74) is 0.126. The largest absolute Gasteiger partial charge is 0.340 e. The van der Waals surface area contributed by atoms with Gasteiger partial charge in [0.25, 0.3) is 0 Å².